The third-order valence-corrected chi connectivity index (χ3v) is 5.01. The van der Waals surface area contributed by atoms with Crippen molar-refractivity contribution < 1.29 is 9.13 Å². The Kier molecular flexibility index (Phi) is 4.88. The number of hydrogen-bond donors (Lipinski definition) is 0. The van der Waals surface area contributed by atoms with Crippen molar-refractivity contribution in [2.45, 2.75) is 6.42 Å². The van der Waals surface area contributed by atoms with E-state index in [0.29, 0.717) is 30.0 Å². The first-order valence-electron chi connectivity index (χ1n) is 8.60. The van der Waals surface area contributed by atoms with Gasteiger partial charge in [0.05, 0.1) is 36.9 Å². The molecule has 1 fully saturated rings. The highest BCUT2D eigenvalue weighted by atomic mass is 35.5. The Labute approximate surface area is 161 Å². The molecule has 0 radical (unpaired) electrons. The minimum Gasteiger partial charge on any atom is -0.378 e. The Morgan fingerprint density at radius 1 is 1.19 bits per heavy atom. The van der Waals surface area contributed by atoms with E-state index < -0.39 is 5.82 Å². The Hall–Kier alpha value is -2.75. The molecule has 5 nitrogen and oxygen atoms in total. The lowest BCUT2D eigenvalue weighted by molar-refractivity contribution is 0.122. The first-order valence-corrected chi connectivity index (χ1v) is 8.98. The number of nitrogens with zero attached hydrogens (tertiary/aromatic N) is 4. The molecule has 2 heterocycles. The predicted molar refractivity (Wildman–Crippen MR) is 102 cm³/mol. The van der Waals surface area contributed by atoms with Crippen molar-refractivity contribution in [1.29, 1.82) is 5.26 Å². The maximum absolute atomic E-state index is 14.6. The molecule has 0 aliphatic carbocycles. The lowest BCUT2D eigenvalue weighted by atomic mass is 10.0. The van der Waals surface area contributed by atoms with Crippen molar-refractivity contribution in [2.24, 2.45) is 0 Å². The Morgan fingerprint density at radius 2 is 2.00 bits per heavy atom. The fourth-order valence-corrected chi connectivity index (χ4v) is 3.49. The van der Waals surface area contributed by atoms with E-state index >= 15 is 0 Å². The molecule has 0 bridgehead atoms. The van der Waals surface area contributed by atoms with Crippen LogP contribution >= 0.6 is 11.6 Å². The van der Waals surface area contributed by atoms with E-state index in [2.05, 4.69) is 14.9 Å². The molecule has 2 aromatic carbocycles. The number of nitriles is 1. The molecule has 0 spiro atoms. The van der Waals surface area contributed by atoms with Gasteiger partial charge in [-0.05, 0) is 35.9 Å². The molecule has 1 aliphatic heterocycles. The van der Waals surface area contributed by atoms with Crippen molar-refractivity contribution in [1.82, 2.24) is 9.97 Å². The van der Waals surface area contributed by atoms with Gasteiger partial charge >= 0.3 is 0 Å². The number of fused-ring (bicyclic) bond motifs is 1. The summed E-state index contributed by atoms with van der Waals surface area (Å²) in [5, 5.41) is 9.95. The fraction of sp³-hybridized carbons (Fsp3) is 0.250. The summed E-state index contributed by atoms with van der Waals surface area (Å²) in [5.74, 6) is -0.473. The average molecular weight is 383 g/mol. The van der Waals surface area contributed by atoms with Crippen LogP contribution in [0.2, 0.25) is 5.02 Å². The number of hydrogen-bond acceptors (Lipinski definition) is 5. The standard InChI is InChI=1S/C20H16ClFN4O/c21-17-11-18(22)16(9-13(17)3-4-23)20-15-2-1-14(10-19(15)24-12-25-20)26-5-7-27-8-6-26/h1-2,9-12H,3,5-8H2. The third kappa shape index (κ3) is 3.44. The van der Waals surface area contributed by atoms with E-state index in [0.717, 1.165) is 29.7 Å². The first kappa shape index (κ1) is 17.7. The highest BCUT2D eigenvalue weighted by molar-refractivity contribution is 6.31. The quantitative estimate of drug-likeness (QED) is 0.685. The summed E-state index contributed by atoms with van der Waals surface area (Å²) in [6.45, 7) is 3.05. The van der Waals surface area contributed by atoms with Crippen LogP contribution in [0, 0.1) is 17.1 Å². The monoisotopic (exact) mass is 382 g/mol. The topological polar surface area (TPSA) is 62.0 Å². The number of aromatic nitrogens is 2. The van der Waals surface area contributed by atoms with E-state index in [1.165, 1.54) is 12.4 Å². The molecule has 136 valence electrons. The largest absolute Gasteiger partial charge is 0.378 e. The van der Waals surface area contributed by atoms with Crippen LogP contribution in [-0.2, 0) is 11.2 Å². The second-order valence-corrected chi connectivity index (χ2v) is 6.69. The molecular formula is C20H16ClFN4O. The Bertz CT molecular complexity index is 1040. The average Bonchev–Trinajstić information content (AvgIpc) is 2.70. The molecule has 1 aromatic heterocycles. The van der Waals surface area contributed by atoms with Gasteiger partial charge in [0.15, 0.2) is 0 Å². The van der Waals surface area contributed by atoms with Gasteiger partial charge in [-0.25, -0.2) is 14.4 Å². The lowest BCUT2D eigenvalue weighted by Gasteiger charge is -2.29. The fourth-order valence-electron chi connectivity index (χ4n) is 3.27. The van der Waals surface area contributed by atoms with E-state index in [4.69, 9.17) is 21.6 Å². The van der Waals surface area contributed by atoms with Gasteiger partial charge in [-0.3, -0.25) is 0 Å². The second-order valence-electron chi connectivity index (χ2n) is 6.28. The molecule has 4 rings (SSSR count). The highest BCUT2D eigenvalue weighted by Crippen LogP contribution is 2.33. The molecule has 0 unspecified atom stereocenters. The van der Waals surface area contributed by atoms with E-state index in [1.54, 1.807) is 6.07 Å². The second kappa shape index (κ2) is 7.47. The summed E-state index contributed by atoms with van der Waals surface area (Å²) in [7, 11) is 0. The van der Waals surface area contributed by atoms with E-state index in [1.807, 2.05) is 24.3 Å². The summed E-state index contributed by atoms with van der Waals surface area (Å²) in [4.78, 5) is 10.9. The number of halogens is 2. The molecule has 1 aliphatic rings. The van der Waals surface area contributed by atoms with Crippen molar-refractivity contribution in [3.63, 3.8) is 0 Å². The summed E-state index contributed by atoms with van der Waals surface area (Å²) in [5.41, 5.74) is 3.17. The zero-order valence-corrected chi connectivity index (χ0v) is 15.2. The smallest absolute Gasteiger partial charge is 0.134 e. The summed E-state index contributed by atoms with van der Waals surface area (Å²) in [6.07, 6.45) is 1.54. The number of ether oxygens (including phenoxy) is 1. The molecule has 0 N–H and O–H groups in total. The molecular weight excluding hydrogens is 367 g/mol. The zero-order chi connectivity index (χ0) is 18.8. The van der Waals surface area contributed by atoms with Crippen LogP contribution in [-0.4, -0.2) is 36.3 Å². The minimum atomic E-state index is -0.473. The van der Waals surface area contributed by atoms with Crippen LogP contribution in [0.25, 0.3) is 22.2 Å². The van der Waals surface area contributed by atoms with E-state index in [-0.39, 0.29) is 11.4 Å². The molecule has 1 saturated heterocycles. The van der Waals surface area contributed by atoms with Crippen molar-refractivity contribution in [2.75, 3.05) is 31.2 Å². The zero-order valence-electron chi connectivity index (χ0n) is 14.5. The molecule has 0 saturated carbocycles. The van der Waals surface area contributed by atoms with Crippen molar-refractivity contribution in [3.05, 3.63) is 53.1 Å². The highest BCUT2D eigenvalue weighted by Gasteiger charge is 2.16. The summed E-state index contributed by atoms with van der Waals surface area (Å²) < 4.78 is 20.0. The SMILES string of the molecule is N#CCc1cc(-c2ncnc3cc(N4CCOCC4)ccc23)c(F)cc1Cl. The molecule has 3 aromatic rings. The van der Waals surface area contributed by atoms with Gasteiger partial charge in [-0.15, -0.1) is 0 Å². The van der Waals surface area contributed by atoms with Gasteiger partial charge < -0.3 is 9.64 Å². The number of rotatable bonds is 3. The molecule has 27 heavy (non-hydrogen) atoms. The summed E-state index contributed by atoms with van der Waals surface area (Å²) >= 11 is 6.05. The third-order valence-electron chi connectivity index (χ3n) is 4.66. The normalized spacial score (nSPS) is 14.3. The van der Waals surface area contributed by atoms with Crippen molar-refractivity contribution >= 4 is 28.2 Å². The number of benzene rings is 2. The maximum atomic E-state index is 14.6. The van der Waals surface area contributed by atoms with Gasteiger partial charge in [0, 0.05) is 34.7 Å². The maximum Gasteiger partial charge on any atom is 0.134 e. The van der Waals surface area contributed by atoms with Crippen LogP contribution in [0.5, 0.6) is 0 Å². The van der Waals surface area contributed by atoms with Gasteiger partial charge in [0.25, 0.3) is 0 Å². The van der Waals surface area contributed by atoms with Gasteiger partial charge in [-0.1, -0.05) is 11.6 Å². The minimum absolute atomic E-state index is 0.107. The Morgan fingerprint density at radius 3 is 2.78 bits per heavy atom. The summed E-state index contributed by atoms with van der Waals surface area (Å²) in [6, 6.07) is 10.8. The molecule has 0 amide bonds. The first-order chi connectivity index (χ1) is 13.2. The van der Waals surface area contributed by atoms with Crippen LogP contribution in [0.15, 0.2) is 36.7 Å². The van der Waals surface area contributed by atoms with Gasteiger partial charge in [-0.2, -0.15) is 5.26 Å². The van der Waals surface area contributed by atoms with Gasteiger partial charge in [0.1, 0.15) is 12.1 Å². The van der Waals surface area contributed by atoms with E-state index in [9.17, 15) is 4.39 Å². The van der Waals surface area contributed by atoms with Crippen LogP contribution in [0.4, 0.5) is 10.1 Å². The Balaban J connectivity index is 1.81. The van der Waals surface area contributed by atoms with Crippen molar-refractivity contribution in [3.8, 4) is 17.3 Å². The number of morpholine rings is 1. The molecule has 7 heteroatoms. The van der Waals surface area contributed by atoms with Crippen LogP contribution < -0.4 is 4.90 Å². The lowest BCUT2D eigenvalue weighted by Crippen LogP contribution is -2.36. The molecule has 0 atom stereocenters. The van der Waals surface area contributed by atoms with Gasteiger partial charge in [0.2, 0.25) is 0 Å². The van der Waals surface area contributed by atoms with Crippen LogP contribution in [0.1, 0.15) is 5.56 Å². The predicted octanol–water partition coefficient (Wildman–Crippen LogP) is 3.99. The number of anilines is 1. The van der Waals surface area contributed by atoms with Crippen LogP contribution in [0.3, 0.4) is 0 Å².